The van der Waals surface area contributed by atoms with Crippen molar-refractivity contribution in [3.63, 3.8) is 0 Å². The highest BCUT2D eigenvalue weighted by molar-refractivity contribution is 9.10. The Balaban J connectivity index is 1.49. The van der Waals surface area contributed by atoms with Crippen LogP contribution in [0.5, 0.6) is 0 Å². The summed E-state index contributed by atoms with van der Waals surface area (Å²) in [5.41, 5.74) is 5.12. The van der Waals surface area contributed by atoms with Gasteiger partial charge in [-0.3, -0.25) is 14.3 Å². The molecule has 2 aromatic heterocycles. The van der Waals surface area contributed by atoms with Gasteiger partial charge in [-0.15, -0.1) is 10.2 Å². The van der Waals surface area contributed by atoms with E-state index in [2.05, 4.69) is 41.6 Å². The number of carbonyl (C=O) groups excluding carboxylic acids is 1. The molecule has 0 saturated carbocycles. The van der Waals surface area contributed by atoms with Crippen LogP contribution < -0.4 is 5.43 Å². The Morgan fingerprint density at radius 3 is 2.50 bits per heavy atom. The minimum atomic E-state index is -0.254. The number of halogens is 2. The number of carbonyl (C=O) groups is 1. The van der Waals surface area contributed by atoms with Crippen molar-refractivity contribution in [2.24, 2.45) is 5.10 Å². The molecule has 32 heavy (non-hydrogen) atoms. The van der Waals surface area contributed by atoms with Crippen molar-refractivity contribution in [1.29, 1.82) is 0 Å². The first-order chi connectivity index (χ1) is 15.6. The zero-order chi connectivity index (χ0) is 22.3. The molecule has 0 aliphatic heterocycles. The number of thioether (sulfide) groups is 1. The molecule has 1 N–H and O–H groups in total. The van der Waals surface area contributed by atoms with Crippen molar-refractivity contribution in [3.8, 4) is 17.1 Å². The molecule has 160 valence electrons. The summed E-state index contributed by atoms with van der Waals surface area (Å²) >= 11 is 10.6. The number of rotatable bonds is 7. The fourth-order valence-corrected chi connectivity index (χ4v) is 3.90. The summed E-state index contributed by atoms with van der Waals surface area (Å²) in [5.74, 6) is 0.539. The molecule has 4 rings (SSSR count). The van der Waals surface area contributed by atoms with Gasteiger partial charge in [-0.2, -0.15) is 5.10 Å². The van der Waals surface area contributed by atoms with Crippen molar-refractivity contribution >= 4 is 51.4 Å². The number of pyridine rings is 1. The van der Waals surface area contributed by atoms with Crippen molar-refractivity contribution in [2.75, 3.05) is 5.75 Å². The molecular weight excluding hydrogens is 512 g/mol. The average Bonchev–Trinajstić information content (AvgIpc) is 3.24. The molecule has 10 heteroatoms. The Kier molecular flexibility index (Phi) is 7.31. The van der Waals surface area contributed by atoms with Crippen LogP contribution in [0.2, 0.25) is 5.02 Å². The van der Waals surface area contributed by atoms with E-state index in [1.807, 2.05) is 53.1 Å². The maximum Gasteiger partial charge on any atom is 0.250 e. The van der Waals surface area contributed by atoms with E-state index in [9.17, 15) is 4.79 Å². The molecule has 0 unspecified atom stereocenters. The molecule has 0 aliphatic carbocycles. The fraction of sp³-hybridized carbons (Fsp3) is 0.0455. The summed E-state index contributed by atoms with van der Waals surface area (Å²) in [7, 11) is 0. The van der Waals surface area contributed by atoms with Crippen molar-refractivity contribution in [3.05, 3.63) is 88.1 Å². The van der Waals surface area contributed by atoms with Gasteiger partial charge in [-0.05, 0) is 54.1 Å². The van der Waals surface area contributed by atoms with Crippen LogP contribution in [0.15, 0.2) is 87.8 Å². The number of amides is 1. The summed E-state index contributed by atoms with van der Waals surface area (Å²) < 4.78 is 2.88. The molecular formula is C22H16BrClN6OS. The van der Waals surface area contributed by atoms with Crippen LogP contribution in [-0.4, -0.2) is 37.6 Å². The van der Waals surface area contributed by atoms with Gasteiger partial charge in [-0.1, -0.05) is 51.4 Å². The van der Waals surface area contributed by atoms with Crippen LogP contribution >= 0.6 is 39.3 Å². The van der Waals surface area contributed by atoms with Crippen LogP contribution in [0.4, 0.5) is 0 Å². The monoisotopic (exact) mass is 526 g/mol. The lowest BCUT2D eigenvalue weighted by Crippen LogP contribution is -2.20. The Morgan fingerprint density at radius 1 is 1.06 bits per heavy atom. The number of aromatic nitrogens is 4. The molecule has 0 spiro atoms. The van der Waals surface area contributed by atoms with E-state index in [0.29, 0.717) is 16.0 Å². The van der Waals surface area contributed by atoms with E-state index >= 15 is 0 Å². The zero-order valence-corrected chi connectivity index (χ0v) is 19.7. The molecule has 2 aromatic carbocycles. The Labute approximate surface area is 202 Å². The fourth-order valence-electron chi connectivity index (χ4n) is 2.76. The minimum Gasteiger partial charge on any atom is -0.272 e. The average molecular weight is 528 g/mol. The maximum atomic E-state index is 12.3. The number of hydrazone groups is 1. The standard InChI is InChI=1S/C22H16BrClN6OS/c23-17-3-7-19(8-4-17)30-21(16-9-11-25-12-10-16)28-29-22(30)32-14-20(31)27-26-13-15-1-5-18(24)6-2-15/h1-13H,14H2,(H,27,31)/b26-13-. The van der Waals surface area contributed by atoms with Gasteiger partial charge < -0.3 is 0 Å². The lowest BCUT2D eigenvalue weighted by Gasteiger charge is -2.10. The normalized spacial score (nSPS) is 11.1. The number of nitrogens with one attached hydrogen (secondary N) is 1. The van der Waals surface area contributed by atoms with E-state index in [4.69, 9.17) is 11.6 Å². The quantitative estimate of drug-likeness (QED) is 0.208. The predicted octanol–water partition coefficient (Wildman–Crippen LogP) is 4.99. The van der Waals surface area contributed by atoms with Crippen LogP contribution in [0.1, 0.15) is 5.56 Å². The molecule has 0 saturated heterocycles. The summed E-state index contributed by atoms with van der Waals surface area (Å²) in [6, 6.07) is 18.7. The number of hydrogen-bond acceptors (Lipinski definition) is 6. The van der Waals surface area contributed by atoms with Gasteiger partial charge in [-0.25, -0.2) is 5.43 Å². The Bertz CT molecular complexity index is 1230. The van der Waals surface area contributed by atoms with Gasteiger partial charge in [0.05, 0.1) is 12.0 Å². The van der Waals surface area contributed by atoms with Crippen molar-refractivity contribution in [2.45, 2.75) is 5.16 Å². The zero-order valence-electron chi connectivity index (χ0n) is 16.5. The summed E-state index contributed by atoms with van der Waals surface area (Å²) in [6.07, 6.45) is 4.97. The first-order valence-corrected chi connectivity index (χ1v) is 11.6. The second kappa shape index (κ2) is 10.5. The summed E-state index contributed by atoms with van der Waals surface area (Å²) in [4.78, 5) is 16.4. The topological polar surface area (TPSA) is 85.1 Å². The third kappa shape index (κ3) is 5.61. The highest BCUT2D eigenvalue weighted by Crippen LogP contribution is 2.28. The third-order valence-electron chi connectivity index (χ3n) is 4.26. The van der Waals surface area contributed by atoms with E-state index in [1.165, 1.54) is 11.8 Å². The van der Waals surface area contributed by atoms with Gasteiger partial charge in [0.25, 0.3) is 5.91 Å². The van der Waals surface area contributed by atoms with Crippen molar-refractivity contribution in [1.82, 2.24) is 25.2 Å². The smallest absolute Gasteiger partial charge is 0.250 e. The van der Waals surface area contributed by atoms with E-state index in [1.54, 1.807) is 30.7 Å². The molecule has 4 aromatic rings. The molecule has 0 bridgehead atoms. The largest absolute Gasteiger partial charge is 0.272 e. The van der Waals surface area contributed by atoms with Crippen molar-refractivity contribution < 1.29 is 4.79 Å². The van der Waals surface area contributed by atoms with Gasteiger partial charge >= 0.3 is 0 Å². The highest BCUT2D eigenvalue weighted by atomic mass is 79.9. The second-order valence-electron chi connectivity index (χ2n) is 6.49. The molecule has 1 amide bonds. The molecule has 0 aliphatic rings. The van der Waals surface area contributed by atoms with Gasteiger partial charge in [0.1, 0.15) is 0 Å². The molecule has 2 heterocycles. The first kappa shape index (κ1) is 22.2. The van der Waals surface area contributed by atoms with E-state index in [0.717, 1.165) is 21.3 Å². The first-order valence-electron chi connectivity index (χ1n) is 9.42. The van der Waals surface area contributed by atoms with Gasteiger partial charge in [0, 0.05) is 33.1 Å². The molecule has 7 nitrogen and oxygen atoms in total. The summed E-state index contributed by atoms with van der Waals surface area (Å²) in [6.45, 7) is 0. The lowest BCUT2D eigenvalue weighted by molar-refractivity contribution is -0.118. The number of benzene rings is 2. The summed E-state index contributed by atoms with van der Waals surface area (Å²) in [5, 5.41) is 13.9. The third-order valence-corrected chi connectivity index (χ3v) is 5.97. The van der Waals surface area contributed by atoms with Gasteiger partial charge in [0.15, 0.2) is 11.0 Å². The number of nitrogens with zero attached hydrogens (tertiary/aromatic N) is 5. The molecule has 0 fully saturated rings. The van der Waals surface area contributed by atoms with Crippen LogP contribution in [0.25, 0.3) is 17.1 Å². The molecule has 0 atom stereocenters. The van der Waals surface area contributed by atoms with Gasteiger partial charge in [0.2, 0.25) is 0 Å². The van der Waals surface area contributed by atoms with Crippen LogP contribution in [-0.2, 0) is 4.79 Å². The van der Waals surface area contributed by atoms with Crippen LogP contribution in [0.3, 0.4) is 0 Å². The molecule has 0 radical (unpaired) electrons. The van der Waals surface area contributed by atoms with E-state index < -0.39 is 0 Å². The Morgan fingerprint density at radius 2 is 1.78 bits per heavy atom. The predicted molar refractivity (Wildman–Crippen MR) is 130 cm³/mol. The van der Waals surface area contributed by atoms with E-state index in [-0.39, 0.29) is 11.7 Å². The lowest BCUT2D eigenvalue weighted by atomic mass is 10.2. The maximum absolute atomic E-state index is 12.3. The van der Waals surface area contributed by atoms with Crippen LogP contribution in [0, 0.1) is 0 Å². The minimum absolute atomic E-state index is 0.128. The Hall–Kier alpha value is -3.01. The SMILES string of the molecule is O=C(CSc1nnc(-c2ccncc2)n1-c1ccc(Br)cc1)N/N=C\c1ccc(Cl)cc1. The second-order valence-corrected chi connectivity index (χ2v) is 8.78. The highest BCUT2D eigenvalue weighted by Gasteiger charge is 2.17. The number of hydrogen-bond donors (Lipinski definition) is 1.